The molecule has 2 aromatic carbocycles. The van der Waals surface area contributed by atoms with Gasteiger partial charge in [-0.05, 0) is 40.2 Å². The van der Waals surface area contributed by atoms with Gasteiger partial charge in [0.25, 0.3) is 0 Å². The molecule has 2 N–H and O–H groups in total. The third-order valence-corrected chi connectivity index (χ3v) is 3.32. The summed E-state index contributed by atoms with van der Waals surface area (Å²) in [5.74, 6) is -1.27. The van der Waals surface area contributed by atoms with Crippen molar-refractivity contribution in [1.29, 1.82) is 0 Å². The molecule has 2 rings (SSSR count). The van der Waals surface area contributed by atoms with Crippen LogP contribution < -0.4 is 10.1 Å². The highest BCUT2D eigenvalue weighted by molar-refractivity contribution is 9.10. The van der Waals surface area contributed by atoms with Crippen molar-refractivity contribution in [3.05, 3.63) is 52.3 Å². The third kappa shape index (κ3) is 2.91. The van der Waals surface area contributed by atoms with Gasteiger partial charge < -0.3 is 15.2 Å². The van der Waals surface area contributed by atoms with E-state index in [9.17, 15) is 9.18 Å². The minimum atomic E-state index is -1.20. The van der Waals surface area contributed by atoms with Crippen molar-refractivity contribution in [2.24, 2.45) is 0 Å². The lowest BCUT2D eigenvalue weighted by molar-refractivity contribution is 0.0697. The van der Waals surface area contributed by atoms with E-state index >= 15 is 0 Å². The molecule has 0 spiro atoms. The molecule has 0 saturated heterocycles. The van der Waals surface area contributed by atoms with Crippen LogP contribution in [0.2, 0.25) is 0 Å². The number of benzene rings is 2. The fourth-order valence-corrected chi connectivity index (χ4v) is 2.12. The van der Waals surface area contributed by atoms with E-state index in [2.05, 4.69) is 21.2 Å². The molecule has 0 amide bonds. The van der Waals surface area contributed by atoms with Crippen LogP contribution >= 0.6 is 15.9 Å². The van der Waals surface area contributed by atoms with Gasteiger partial charge in [-0.1, -0.05) is 6.07 Å². The van der Waals surface area contributed by atoms with Gasteiger partial charge in [-0.25, -0.2) is 9.18 Å². The Kier molecular flexibility index (Phi) is 4.24. The predicted octanol–water partition coefficient (Wildman–Crippen LogP) is 4.04. The van der Waals surface area contributed by atoms with Crippen LogP contribution in [0, 0.1) is 5.82 Å². The van der Waals surface area contributed by atoms with Crippen LogP contribution in [0.1, 0.15) is 10.4 Å². The molecule has 0 saturated carbocycles. The van der Waals surface area contributed by atoms with Gasteiger partial charge in [-0.15, -0.1) is 0 Å². The van der Waals surface area contributed by atoms with Crippen molar-refractivity contribution < 1.29 is 19.0 Å². The maximum Gasteiger partial charge on any atom is 0.337 e. The first-order valence-corrected chi connectivity index (χ1v) is 6.44. The molecule has 4 nitrogen and oxygen atoms in total. The van der Waals surface area contributed by atoms with Gasteiger partial charge in [0, 0.05) is 11.8 Å². The van der Waals surface area contributed by atoms with Crippen LogP contribution in [0.25, 0.3) is 0 Å². The summed E-state index contributed by atoms with van der Waals surface area (Å²) in [7, 11) is 1.51. The second kappa shape index (κ2) is 5.92. The van der Waals surface area contributed by atoms with E-state index in [1.54, 1.807) is 18.2 Å². The fraction of sp³-hybridized carbons (Fsp3) is 0.0714. The first-order chi connectivity index (χ1) is 9.52. The van der Waals surface area contributed by atoms with Crippen LogP contribution in [-0.2, 0) is 0 Å². The van der Waals surface area contributed by atoms with Crippen LogP contribution in [0.15, 0.2) is 40.9 Å². The number of hydrogen-bond acceptors (Lipinski definition) is 3. The highest BCUT2D eigenvalue weighted by Crippen LogP contribution is 2.31. The van der Waals surface area contributed by atoms with Gasteiger partial charge in [0.1, 0.15) is 11.6 Å². The molecular formula is C14H11BrFNO3. The first kappa shape index (κ1) is 14.3. The topological polar surface area (TPSA) is 58.6 Å². The van der Waals surface area contributed by atoms with E-state index in [-0.39, 0.29) is 11.3 Å². The highest BCUT2D eigenvalue weighted by atomic mass is 79.9. The van der Waals surface area contributed by atoms with Gasteiger partial charge in [0.05, 0.1) is 22.8 Å². The number of nitrogens with one attached hydrogen (secondary N) is 1. The fourth-order valence-electron chi connectivity index (χ4n) is 1.71. The molecule has 0 bridgehead atoms. The monoisotopic (exact) mass is 339 g/mol. The molecule has 2 aromatic rings. The number of aromatic carboxylic acids is 1. The molecule has 0 heterocycles. The van der Waals surface area contributed by atoms with Crippen LogP contribution in [-0.4, -0.2) is 18.2 Å². The van der Waals surface area contributed by atoms with E-state index in [0.717, 1.165) is 4.47 Å². The Morgan fingerprint density at radius 1 is 1.35 bits per heavy atom. The molecule has 0 aliphatic heterocycles. The van der Waals surface area contributed by atoms with Crippen molar-refractivity contribution in [3.63, 3.8) is 0 Å². The maximum absolute atomic E-state index is 13.8. The predicted molar refractivity (Wildman–Crippen MR) is 77.3 cm³/mol. The Labute approximate surface area is 123 Å². The zero-order valence-corrected chi connectivity index (χ0v) is 12.1. The summed E-state index contributed by atoms with van der Waals surface area (Å²) in [6.07, 6.45) is 0. The normalized spacial score (nSPS) is 10.2. The minimum Gasteiger partial charge on any atom is -0.495 e. The summed E-state index contributed by atoms with van der Waals surface area (Å²) < 4.78 is 19.7. The number of carboxylic acid groups (broad SMARTS) is 1. The van der Waals surface area contributed by atoms with Gasteiger partial charge >= 0.3 is 5.97 Å². The summed E-state index contributed by atoms with van der Waals surface area (Å²) >= 11 is 3.31. The summed E-state index contributed by atoms with van der Waals surface area (Å²) in [5.41, 5.74) is 0.314. The quantitative estimate of drug-likeness (QED) is 0.882. The third-order valence-electron chi connectivity index (χ3n) is 2.66. The van der Waals surface area contributed by atoms with Crippen molar-refractivity contribution in [3.8, 4) is 5.75 Å². The van der Waals surface area contributed by atoms with Gasteiger partial charge in [0.15, 0.2) is 0 Å². The maximum atomic E-state index is 13.8. The molecule has 0 unspecified atom stereocenters. The van der Waals surface area contributed by atoms with Gasteiger partial charge in [-0.3, -0.25) is 0 Å². The Morgan fingerprint density at radius 3 is 2.75 bits per heavy atom. The first-order valence-electron chi connectivity index (χ1n) is 5.65. The summed E-state index contributed by atoms with van der Waals surface area (Å²) in [5, 5.41) is 11.8. The molecule has 6 heteroatoms. The Hall–Kier alpha value is -2.08. The minimum absolute atomic E-state index is 0.0793. The molecule has 104 valence electrons. The number of carboxylic acids is 1. The number of anilines is 2. The van der Waals surface area contributed by atoms with E-state index < -0.39 is 11.8 Å². The number of carbonyl (C=O) groups is 1. The van der Waals surface area contributed by atoms with Crippen molar-refractivity contribution in [2.45, 2.75) is 0 Å². The standard InChI is InChI=1S/C14H11BrFNO3/c1-20-12-7-8(5-6-10(12)15)17-13-9(14(18)19)3-2-4-11(13)16/h2-7,17H,1H3,(H,18,19). The number of para-hydroxylation sites is 1. The number of halogens is 2. The van der Waals surface area contributed by atoms with Crippen LogP contribution in [0.4, 0.5) is 15.8 Å². The van der Waals surface area contributed by atoms with Crippen molar-refractivity contribution in [2.75, 3.05) is 12.4 Å². The summed E-state index contributed by atoms with van der Waals surface area (Å²) in [6.45, 7) is 0. The molecule has 20 heavy (non-hydrogen) atoms. The SMILES string of the molecule is COc1cc(Nc2c(F)cccc2C(=O)O)ccc1Br. The number of rotatable bonds is 4. The van der Waals surface area contributed by atoms with E-state index in [4.69, 9.17) is 9.84 Å². The van der Waals surface area contributed by atoms with Gasteiger partial charge in [0.2, 0.25) is 0 Å². The largest absolute Gasteiger partial charge is 0.495 e. The number of hydrogen-bond donors (Lipinski definition) is 2. The average molecular weight is 340 g/mol. The smallest absolute Gasteiger partial charge is 0.337 e. The molecular weight excluding hydrogens is 329 g/mol. The molecule has 0 atom stereocenters. The second-order valence-corrected chi connectivity index (χ2v) is 4.80. The molecule has 0 aliphatic rings. The van der Waals surface area contributed by atoms with Crippen LogP contribution in [0.5, 0.6) is 5.75 Å². The number of methoxy groups -OCH3 is 1. The zero-order chi connectivity index (χ0) is 14.7. The lowest BCUT2D eigenvalue weighted by Crippen LogP contribution is -2.05. The Bertz CT molecular complexity index is 661. The lowest BCUT2D eigenvalue weighted by Gasteiger charge is -2.12. The number of ether oxygens (including phenoxy) is 1. The van der Waals surface area contributed by atoms with Gasteiger partial charge in [-0.2, -0.15) is 0 Å². The summed E-state index contributed by atoms with van der Waals surface area (Å²) in [4.78, 5) is 11.1. The molecule has 0 radical (unpaired) electrons. The zero-order valence-electron chi connectivity index (χ0n) is 10.5. The van der Waals surface area contributed by atoms with E-state index in [1.807, 2.05) is 0 Å². The van der Waals surface area contributed by atoms with Crippen LogP contribution in [0.3, 0.4) is 0 Å². The lowest BCUT2D eigenvalue weighted by atomic mass is 10.1. The molecule has 0 fully saturated rings. The van der Waals surface area contributed by atoms with E-state index in [0.29, 0.717) is 11.4 Å². The second-order valence-electron chi connectivity index (χ2n) is 3.94. The summed E-state index contributed by atoms with van der Waals surface area (Å²) in [6, 6.07) is 8.94. The van der Waals surface area contributed by atoms with E-state index in [1.165, 1.54) is 25.3 Å². The highest BCUT2D eigenvalue weighted by Gasteiger charge is 2.14. The van der Waals surface area contributed by atoms with Crippen molar-refractivity contribution >= 4 is 33.3 Å². The average Bonchev–Trinajstić information content (AvgIpc) is 2.42. The Morgan fingerprint density at radius 2 is 2.10 bits per heavy atom. The van der Waals surface area contributed by atoms with Crippen molar-refractivity contribution in [1.82, 2.24) is 0 Å². The molecule has 0 aliphatic carbocycles. The molecule has 0 aromatic heterocycles. The Balaban J connectivity index is 2.42.